The topological polar surface area (TPSA) is 9.72 Å². The smallest absolute Gasteiger partial charge is 0.0126 e. The lowest BCUT2D eigenvalue weighted by Crippen LogP contribution is -2.53. The van der Waals surface area contributed by atoms with Crippen molar-refractivity contribution in [1.29, 1.82) is 0 Å². The monoisotopic (exact) mass is 323 g/mol. The molecule has 0 spiro atoms. The van der Waals surface area contributed by atoms with Gasteiger partial charge in [0.2, 0.25) is 0 Å². The molecular weight excluding hydrogens is 282 g/mol. The van der Waals surface area contributed by atoms with E-state index in [1.54, 1.807) is 0 Å². The van der Waals surface area contributed by atoms with Crippen molar-refractivity contribution in [3.05, 3.63) is 0 Å². The standard InChI is InChI=1S/C20H41N3/c1-18(2)19-8-12-21(13-9-19)10-6-7-11-22-14-16-23(17-15-22)20(3,4)5/h18-19H,6-17H2,1-5H3. The first-order chi connectivity index (χ1) is 10.9. The highest BCUT2D eigenvalue weighted by Gasteiger charge is 2.25. The van der Waals surface area contributed by atoms with Gasteiger partial charge in [0, 0.05) is 31.7 Å². The molecule has 0 aromatic carbocycles. The van der Waals surface area contributed by atoms with Crippen LogP contribution in [0.15, 0.2) is 0 Å². The highest BCUT2D eigenvalue weighted by Crippen LogP contribution is 2.24. The van der Waals surface area contributed by atoms with Crippen molar-refractivity contribution in [3.8, 4) is 0 Å². The molecular formula is C20H41N3. The lowest BCUT2D eigenvalue weighted by Gasteiger charge is -2.42. The Morgan fingerprint density at radius 2 is 1.26 bits per heavy atom. The first-order valence-corrected chi connectivity index (χ1v) is 10.1. The number of rotatable bonds is 6. The van der Waals surface area contributed by atoms with Crippen LogP contribution in [0.3, 0.4) is 0 Å². The highest BCUT2D eigenvalue weighted by atomic mass is 15.3. The Morgan fingerprint density at radius 1 is 0.783 bits per heavy atom. The van der Waals surface area contributed by atoms with Crippen molar-refractivity contribution in [3.63, 3.8) is 0 Å². The Labute approximate surface area is 145 Å². The summed E-state index contributed by atoms with van der Waals surface area (Å²) >= 11 is 0. The molecule has 3 nitrogen and oxygen atoms in total. The van der Waals surface area contributed by atoms with Gasteiger partial charge in [-0.1, -0.05) is 13.8 Å². The molecule has 0 aliphatic carbocycles. The van der Waals surface area contributed by atoms with Crippen LogP contribution in [0.5, 0.6) is 0 Å². The number of unbranched alkanes of at least 4 members (excludes halogenated alkanes) is 1. The molecule has 2 aliphatic rings. The third kappa shape index (κ3) is 6.36. The van der Waals surface area contributed by atoms with Crippen LogP contribution in [0.25, 0.3) is 0 Å². The number of piperazine rings is 1. The van der Waals surface area contributed by atoms with Gasteiger partial charge < -0.3 is 9.80 Å². The van der Waals surface area contributed by atoms with E-state index >= 15 is 0 Å². The van der Waals surface area contributed by atoms with Gasteiger partial charge in [-0.2, -0.15) is 0 Å². The maximum absolute atomic E-state index is 2.70. The fraction of sp³-hybridized carbons (Fsp3) is 1.00. The Balaban J connectivity index is 1.52. The first kappa shape index (κ1) is 19.2. The van der Waals surface area contributed by atoms with Crippen molar-refractivity contribution < 1.29 is 0 Å². The van der Waals surface area contributed by atoms with Gasteiger partial charge in [-0.25, -0.2) is 0 Å². The van der Waals surface area contributed by atoms with Crippen LogP contribution in [0.2, 0.25) is 0 Å². The molecule has 0 aromatic heterocycles. The van der Waals surface area contributed by atoms with E-state index in [4.69, 9.17) is 0 Å². The second kappa shape index (κ2) is 8.82. The molecule has 2 fully saturated rings. The molecule has 2 aliphatic heterocycles. The van der Waals surface area contributed by atoms with Crippen molar-refractivity contribution in [2.24, 2.45) is 11.8 Å². The highest BCUT2D eigenvalue weighted by molar-refractivity contribution is 4.82. The number of likely N-dealkylation sites (tertiary alicyclic amines) is 1. The van der Waals surface area contributed by atoms with Gasteiger partial charge in [0.15, 0.2) is 0 Å². The summed E-state index contributed by atoms with van der Waals surface area (Å²) in [5.74, 6) is 1.86. The molecule has 0 bridgehead atoms. The molecule has 0 N–H and O–H groups in total. The molecule has 2 heterocycles. The Morgan fingerprint density at radius 3 is 1.70 bits per heavy atom. The minimum Gasteiger partial charge on any atom is -0.303 e. The zero-order chi connectivity index (χ0) is 16.9. The van der Waals surface area contributed by atoms with Gasteiger partial charge in [-0.05, 0) is 84.5 Å². The molecule has 0 unspecified atom stereocenters. The minimum absolute atomic E-state index is 0.341. The Hall–Kier alpha value is -0.120. The van der Waals surface area contributed by atoms with E-state index in [9.17, 15) is 0 Å². The molecule has 0 amide bonds. The number of piperidine rings is 1. The van der Waals surface area contributed by atoms with E-state index in [1.165, 1.54) is 78.0 Å². The molecule has 0 aromatic rings. The van der Waals surface area contributed by atoms with Crippen molar-refractivity contribution in [1.82, 2.24) is 14.7 Å². The van der Waals surface area contributed by atoms with Crippen LogP contribution < -0.4 is 0 Å². The van der Waals surface area contributed by atoms with Gasteiger partial charge >= 0.3 is 0 Å². The number of hydrogen-bond donors (Lipinski definition) is 0. The normalized spacial score (nSPS) is 23.7. The predicted octanol–water partition coefficient (Wildman–Crippen LogP) is 3.55. The Bertz CT molecular complexity index is 318. The number of hydrogen-bond acceptors (Lipinski definition) is 3. The molecule has 136 valence electrons. The van der Waals surface area contributed by atoms with Crippen LogP contribution in [-0.4, -0.2) is 72.6 Å². The van der Waals surface area contributed by atoms with Crippen LogP contribution >= 0.6 is 0 Å². The largest absolute Gasteiger partial charge is 0.303 e. The van der Waals surface area contributed by atoms with Gasteiger partial charge in [-0.3, -0.25) is 4.90 Å². The maximum atomic E-state index is 2.70. The summed E-state index contributed by atoms with van der Waals surface area (Å²) in [4.78, 5) is 8.01. The molecule has 0 atom stereocenters. The fourth-order valence-electron chi connectivity index (χ4n) is 4.16. The minimum atomic E-state index is 0.341. The van der Waals surface area contributed by atoms with Gasteiger partial charge in [-0.15, -0.1) is 0 Å². The lowest BCUT2D eigenvalue weighted by atomic mass is 9.87. The predicted molar refractivity (Wildman–Crippen MR) is 101 cm³/mol. The van der Waals surface area contributed by atoms with Crippen molar-refractivity contribution >= 4 is 0 Å². The van der Waals surface area contributed by atoms with E-state index in [0.717, 1.165) is 11.8 Å². The zero-order valence-electron chi connectivity index (χ0n) is 16.5. The SMILES string of the molecule is CC(C)C1CCN(CCCCN2CCN(C(C)(C)C)CC2)CC1. The summed E-state index contributed by atoms with van der Waals surface area (Å²) in [6.45, 7) is 22.1. The molecule has 2 saturated heterocycles. The van der Waals surface area contributed by atoms with Gasteiger partial charge in [0.25, 0.3) is 0 Å². The Kier molecular flexibility index (Phi) is 7.37. The van der Waals surface area contributed by atoms with Crippen molar-refractivity contribution in [2.75, 3.05) is 52.4 Å². The third-order valence-corrected chi connectivity index (χ3v) is 6.09. The zero-order valence-corrected chi connectivity index (χ0v) is 16.5. The van der Waals surface area contributed by atoms with Crippen molar-refractivity contribution in [2.45, 2.75) is 65.8 Å². The summed E-state index contributed by atoms with van der Waals surface area (Å²) in [6, 6.07) is 0. The summed E-state index contributed by atoms with van der Waals surface area (Å²) in [5, 5.41) is 0. The van der Waals surface area contributed by atoms with E-state index in [2.05, 4.69) is 49.3 Å². The average Bonchev–Trinajstić information content (AvgIpc) is 2.51. The summed E-state index contributed by atoms with van der Waals surface area (Å²) in [5.41, 5.74) is 0.341. The summed E-state index contributed by atoms with van der Waals surface area (Å²) in [6.07, 6.45) is 5.60. The van der Waals surface area contributed by atoms with E-state index in [1.807, 2.05) is 0 Å². The average molecular weight is 324 g/mol. The molecule has 0 radical (unpaired) electrons. The van der Waals surface area contributed by atoms with Gasteiger partial charge in [0.05, 0.1) is 0 Å². The maximum Gasteiger partial charge on any atom is 0.0126 e. The van der Waals surface area contributed by atoms with Crippen LogP contribution in [-0.2, 0) is 0 Å². The molecule has 23 heavy (non-hydrogen) atoms. The number of nitrogens with zero attached hydrogens (tertiary/aromatic N) is 3. The molecule has 2 rings (SSSR count). The van der Waals surface area contributed by atoms with E-state index < -0.39 is 0 Å². The molecule has 3 heteroatoms. The lowest BCUT2D eigenvalue weighted by molar-refractivity contribution is 0.0610. The van der Waals surface area contributed by atoms with Crippen LogP contribution in [0.4, 0.5) is 0 Å². The second-order valence-corrected chi connectivity index (χ2v) is 9.13. The first-order valence-electron chi connectivity index (χ1n) is 10.1. The third-order valence-electron chi connectivity index (χ3n) is 6.09. The van der Waals surface area contributed by atoms with Crippen LogP contribution in [0, 0.1) is 11.8 Å². The quantitative estimate of drug-likeness (QED) is 0.692. The van der Waals surface area contributed by atoms with E-state index in [0.29, 0.717) is 5.54 Å². The van der Waals surface area contributed by atoms with E-state index in [-0.39, 0.29) is 0 Å². The molecule has 0 saturated carbocycles. The van der Waals surface area contributed by atoms with Gasteiger partial charge in [0.1, 0.15) is 0 Å². The summed E-state index contributed by atoms with van der Waals surface area (Å²) < 4.78 is 0. The second-order valence-electron chi connectivity index (χ2n) is 9.13. The summed E-state index contributed by atoms with van der Waals surface area (Å²) in [7, 11) is 0. The van der Waals surface area contributed by atoms with Crippen LogP contribution in [0.1, 0.15) is 60.3 Å². The fourth-order valence-corrected chi connectivity index (χ4v) is 4.16.